The quantitative estimate of drug-likeness (QED) is 0.763. The molecule has 0 spiro atoms. The van der Waals surface area contributed by atoms with Crippen LogP contribution in [0.5, 0.6) is 5.75 Å². The van der Waals surface area contributed by atoms with Crippen molar-refractivity contribution in [2.24, 2.45) is 0 Å². The van der Waals surface area contributed by atoms with Crippen LogP contribution in [0.15, 0.2) is 42.5 Å². The van der Waals surface area contributed by atoms with Crippen LogP contribution >= 0.6 is 11.6 Å². The SMILES string of the molecule is Cc1cc([B-](F)(F)F)ccc1OCc1cccc(Cl)c1.[K+]. The Bertz CT molecular complexity index is 619. The predicted octanol–water partition coefficient (Wildman–Crippen LogP) is 1.29. The smallest absolute Gasteiger partial charge is 0.489 e. The molecule has 106 valence electrons. The van der Waals surface area contributed by atoms with Gasteiger partial charge in [-0.25, -0.2) is 0 Å². The van der Waals surface area contributed by atoms with E-state index in [1.54, 1.807) is 25.1 Å². The Labute approximate surface area is 169 Å². The largest absolute Gasteiger partial charge is 1.00 e. The fourth-order valence-electron chi connectivity index (χ4n) is 1.83. The molecule has 0 saturated carbocycles. The summed E-state index contributed by atoms with van der Waals surface area (Å²) in [5, 5.41) is 0.595. The number of ether oxygens (including phenoxy) is 1. The summed E-state index contributed by atoms with van der Waals surface area (Å²) in [4.78, 5) is 0. The number of hydrogen-bond acceptors (Lipinski definition) is 1. The number of benzene rings is 2. The molecular weight excluding hydrogens is 327 g/mol. The number of rotatable bonds is 4. The minimum atomic E-state index is -4.98. The van der Waals surface area contributed by atoms with E-state index in [0.29, 0.717) is 16.3 Å². The van der Waals surface area contributed by atoms with E-state index >= 15 is 0 Å². The summed E-state index contributed by atoms with van der Waals surface area (Å²) in [5.74, 6) is 0.439. The molecular formula is C14H12BClF3KO. The molecule has 2 aromatic rings. The molecule has 0 aromatic heterocycles. The molecule has 2 aromatic carbocycles. The maximum absolute atomic E-state index is 12.6. The van der Waals surface area contributed by atoms with Crippen LogP contribution in [0.1, 0.15) is 11.1 Å². The van der Waals surface area contributed by atoms with Gasteiger partial charge in [0.25, 0.3) is 0 Å². The Morgan fingerprint density at radius 2 is 1.81 bits per heavy atom. The molecule has 0 aliphatic rings. The van der Waals surface area contributed by atoms with E-state index in [0.717, 1.165) is 17.7 Å². The van der Waals surface area contributed by atoms with Gasteiger partial charge in [-0.1, -0.05) is 35.9 Å². The van der Waals surface area contributed by atoms with Crippen molar-refractivity contribution >= 4 is 24.0 Å². The molecule has 0 fully saturated rings. The normalized spacial score (nSPS) is 10.9. The maximum atomic E-state index is 12.6. The van der Waals surface area contributed by atoms with Gasteiger partial charge < -0.3 is 17.7 Å². The van der Waals surface area contributed by atoms with E-state index < -0.39 is 12.4 Å². The Kier molecular flexibility index (Phi) is 7.30. The van der Waals surface area contributed by atoms with Gasteiger partial charge in [0.1, 0.15) is 12.4 Å². The molecule has 21 heavy (non-hydrogen) atoms. The third-order valence-electron chi connectivity index (χ3n) is 2.86. The van der Waals surface area contributed by atoms with Gasteiger partial charge in [-0.05, 0) is 36.2 Å². The van der Waals surface area contributed by atoms with E-state index in [1.807, 2.05) is 6.07 Å². The van der Waals surface area contributed by atoms with Crippen LogP contribution in [0.4, 0.5) is 12.9 Å². The zero-order valence-corrected chi connectivity index (χ0v) is 15.6. The van der Waals surface area contributed by atoms with E-state index in [1.165, 1.54) is 6.07 Å². The molecule has 0 bridgehead atoms. The minimum absolute atomic E-state index is 0. The van der Waals surface area contributed by atoms with Crippen molar-refractivity contribution in [3.8, 4) is 5.75 Å². The molecule has 0 aliphatic carbocycles. The molecule has 0 heterocycles. The predicted molar refractivity (Wildman–Crippen MR) is 75.7 cm³/mol. The van der Waals surface area contributed by atoms with Crippen molar-refractivity contribution in [3.05, 3.63) is 58.6 Å². The molecule has 0 radical (unpaired) electrons. The first-order valence-corrected chi connectivity index (χ1v) is 6.42. The summed E-state index contributed by atoms with van der Waals surface area (Å²) in [6.07, 6.45) is 0. The third-order valence-corrected chi connectivity index (χ3v) is 3.10. The molecule has 7 heteroatoms. The van der Waals surface area contributed by atoms with Crippen LogP contribution in [0, 0.1) is 6.92 Å². The maximum Gasteiger partial charge on any atom is 1.00 e. The zero-order valence-electron chi connectivity index (χ0n) is 11.7. The first-order chi connectivity index (χ1) is 9.36. The summed E-state index contributed by atoms with van der Waals surface area (Å²) >= 11 is 5.85. The molecule has 0 atom stereocenters. The Morgan fingerprint density at radius 1 is 1.10 bits per heavy atom. The van der Waals surface area contributed by atoms with Crippen LogP contribution in [-0.4, -0.2) is 6.98 Å². The van der Waals surface area contributed by atoms with Gasteiger partial charge in [-0.2, -0.15) is 0 Å². The van der Waals surface area contributed by atoms with Gasteiger partial charge in [0.2, 0.25) is 0 Å². The fourth-order valence-corrected chi connectivity index (χ4v) is 2.04. The molecule has 0 N–H and O–H groups in total. The van der Waals surface area contributed by atoms with E-state index in [4.69, 9.17) is 16.3 Å². The molecule has 0 saturated heterocycles. The summed E-state index contributed by atoms with van der Waals surface area (Å²) in [5.41, 5.74) is 0.711. The topological polar surface area (TPSA) is 9.23 Å². The first-order valence-electron chi connectivity index (χ1n) is 6.04. The van der Waals surface area contributed by atoms with E-state index in [9.17, 15) is 12.9 Å². The second-order valence-corrected chi connectivity index (χ2v) is 4.95. The van der Waals surface area contributed by atoms with E-state index in [2.05, 4.69) is 0 Å². The zero-order chi connectivity index (χ0) is 14.8. The monoisotopic (exact) mass is 338 g/mol. The number of aryl methyl sites for hydroxylation is 1. The van der Waals surface area contributed by atoms with Crippen LogP contribution in [0.2, 0.25) is 5.02 Å². The fraction of sp³-hybridized carbons (Fsp3) is 0.143. The van der Waals surface area contributed by atoms with Crippen molar-refractivity contribution in [3.63, 3.8) is 0 Å². The van der Waals surface area contributed by atoms with Gasteiger partial charge in [-0.15, -0.1) is 5.46 Å². The number of hydrogen-bond donors (Lipinski definition) is 0. The van der Waals surface area contributed by atoms with Crippen LogP contribution in [0.25, 0.3) is 0 Å². The van der Waals surface area contributed by atoms with Crippen molar-refractivity contribution in [2.45, 2.75) is 13.5 Å². The van der Waals surface area contributed by atoms with Crippen molar-refractivity contribution in [1.82, 2.24) is 0 Å². The summed E-state index contributed by atoms with van der Waals surface area (Å²) in [6, 6.07) is 10.6. The minimum Gasteiger partial charge on any atom is -0.489 e. The molecule has 0 amide bonds. The van der Waals surface area contributed by atoms with Gasteiger partial charge in [0.05, 0.1) is 0 Å². The average Bonchev–Trinajstić information content (AvgIpc) is 2.36. The summed E-state index contributed by atoms with van der Waals surface area (Å²) < 4.78 is 43.3. The Morgan fingerprint density at radius 3 is 2.38 bits per heavy atom. The van der Waals surface area contributed by atoms with Crippen molar-refractivity contribution in [1.29, 1.82) is 0 Å². The van der Waals surface area contributed by atoms with Gasteiger partial charge in [0, 0.05) is 5.02 Å². The van der Waals surface area contributed by atoms with Gasteiger partial charge >= 0.3 is 58.4 Å². The van der Waals surface area contributed by atoms with Crippen LogP contribution in [-0.2, 0) is 6.61 Å². The summed E-state index contributed by atoms with van der Waals surface area (Å²) in [7, 11) is 0. The Balaban J connectivity index is 0.00000220. The van der Waals surface area contributed by atoms with Crippen molar-refractivity contribution in [2.75, 3.05) is 0 Å². The van der Waals surface area contributed by atoms with Crippen LogP contribution < -0.4 is 61.6 Å². The molecule has 0 unspecified atom stereocenters. The second kappa shape index (κ2) is 8.04. The average molecular weight is 339 g/mol. The number of halogens is 4. The molecule has 0 aliphatic heterocycles. The van der Waals surface area contributed by atoms with E-state index in [-0.39, 0.29) is 58.0 Å². The first kappa shape index (κ1) is 19.1. The van der Waals surface area contributed by atoms with Gasteiger partial charge in [0.15, 0.2) is 0 Å². The molecule has 2 rings (SSSR count). The van der Waals surface area contributed by atoms with Crippen LogP contribution in [0.3, 0.4) is 0 Å². The third kappa shape index (κ3) is 5.62. The second-order valence-electron chi connectivity index (χ2n) is 4.52. The molecule has 1 nitrogen and oxygen atoms in total. The standard InChI is InChI=1S/C14H12BClF3O.K/c1-10-7-12(15(17,18)19)5-6-14(10)20-9-11-3-2-4-13(16)8-11;/h2-8H,9H2,1H3;/q-1;+1. The Hall–Kier alpha value is 0.0213. The van der Waals surface area contributed by atoms with Crippen molar-refractivity contribution < 1.29 is 69.1 Å². The summed E-state index contributed by atoms with van der Waals surface area (Å²) in [6.45, 7) is -3.12. The van der Waals surface area contributed by atoms with Gasteiger partial charge in [-0.3, -0.25) is 0 Å².